The molecule has 2 aromatic carbocycles. The van der Waals surface area contributed by atoms with Gasteiger partial charge in [-0.15, -0.1) is 0 Å². The van der Waals surface area contributed by atoms with Crippen molar-refractivity contribution < 1.29 is 19.1 Å². The van der Waals surface area contributed by atoms with Gasteiger partial charge in [0.05, 0.1) is 18.6 Å². The van der Waals surface area contributed by atoms with Crippen LogP contribution in [0.5, 0.6) is 0 Å². The van der Waals surface area contributed by atoms with Gasteiger partial charge in [-0.25, -0.2) is 0 Å². The number of ether oxygens (including phenoxy) is 2. The van der Waals surface area contributed by atoms with Crippen LogP contribution in [0.2, 0.25) is 5.02 Å². The lowest BCUT2D eigenvalue weighted by Crippen LogP contribution is -2.30. The molecule has 122 valence electrons. The molecule has 0 aromatic heterocycles. The van der Waals surface area contributed by atoms with Gasteiger partial charge in [-0.1, -0.05) is 41.9 Å². The van der Waals surface area contributed by atoms with E-state index in [4.69, 9.17) is 16.3 Å². The average molecular weight is 335 g/mol. The van der Waals surface area contributed by atoms with Gasteiger partial charge in [0.2, 0.25) is 0 Å². The molecule has 2 atom stereocenters. The topological polar surface area (TPSA) is 52.6 Å². The molecule has 2 aromatic rings. The van der Waals surface area contributed by atoms with Crippen LogP contribution in [-0.4, -0.2) is 32.9 Å². The number of carbonyl (C=O) groups excluding carboxylic acids is 2. The van der Waals surface area contributed by atoms with Crippen molar-refractivity contribution in [1.29, 1.82) is 0 Å². The van der Waals surface area contributed by atoms with Crippen molar-refractivity contribution in [3.05, 3.63) is 47.0 Å². The van der Waals surface area contributed by atoms with E-state index < -0.39 is 5.92 Å². The third kappa shape index (κ3) is 3.96. The lowest BCUT2D eigenvalue weighted by atomic mass is 9.91. The van der Waals surface area contributed by atoms with Crippen molar-refractivity contribution in [3.63, 3.8) is 0 Å². The molecule has 2 unspecified atom stereocenters. The van der Waals surface area contributed by atoms with E-state index in [9.17, 15) is 9.59 Å². The normalized spacial score (nSPS) is 20.7. The van der Waals surface area contributed by atoms with Gasteiger partial charge in [0, 0.05) is 31.0 Å². The maximum atomic E-state index is 11.9. The quantitative estimate of drug-likeness (QED) is 0.622. The van der Waals surface area contributed by atoms with E-state index in [-0.39, 0.29) is 24.9 Å². The first-order valence-corrected chi connectivity index (χ1v) is 7.67. The number of halogens is 1. The van der Waals surface area contributed by atoms with Crippen LogP contribution in [0.25, 0.3) is 10.8 Å². The maximum Gasteiger partial charge on any atom is 0.148 e. The van der Waals surface area contributed by atoms with Crippen LogP contribution < -0.4 is 0 Å². The number of rotatable bonds is 2. The van der Waals surface area contributed by atoms with Crippen LogP contribution in [0.3, 0.4) is 0 Å². The number of hydrogen-bond acceptors (Lipinski definition) is 4. The summed E-state index contributed by atoms with van der Waals surface area (Å²) in [6.07, 6.45) is 0.546. The first-order chi connectivity index (χ1) is 11.1. The number of methoxy groups -OCH3 is 1. The molecule has 0 radical (unpaired) electrons. The zero-order valence-electron chi connectivity index (χ0n) is 13.1. The molecule has 0 spiro atoms. The summed E-state index contributed by atoms with van der Waals surface area (Å²) in [6, 6.07) is 11.5. The van der Waals surface area contributed by atoms with Gasteiger partial charge < -0.3 is 14.3 Å². The summed E-state index contributed by atoms with van der Waals surface area (Å²) < 4.78 is 9.94. The molecular formula is C18H19ClO4. The zero-order chi connectivity index (χ0) is 16.8. The summed E-state index contributed by atoms with van der Waals surface area (Å²) in [6.45, 7) is 0.147. The van der Waals surface area contributed by atoms with E-state index in [1.807, 2.05) is 36.4 Å². The fourth-order valence-corrected chi connectivity index (χ4v) is 2.90. The summed E-state index contributed by atoms with van der Waals surface area (Å²) >= 11 is 6.28. The second-order valence-corrected chi connectivity index (χ2v) is 5.74. The molecule has 1 heterocycles. The minimum atomic E-state index is -0.628. The number of fused-ring (bicyclic) bond motifs is 1. The molecule has 0 bridgehead atoms. The van der Waals surface area contributed by atoms with Gasteiger partial charge in [-0.2, -0.15) is 0 Å². The highest BCUT2D eigenvalue weighted by atomic mass is 35.5. The van der Waals surface area contributed by atoms with Crippen LogP contribution in [0.4, 0.5) is 0 Å². The SMILES string of the molecule is COC.O=CC1COC(c2cccc3cccc(Cl)c23)CC1=O. The van der Waals surface area contributed by atoms with Gasteiger partial charge in [0.25, 0.3) is 0 Å². The number of carbonyl (C=O) groups is 2. The number of benzene rings is 2. The van der Waals surface area contributed by atoms with Gasteiger partial charge in [-0.05, 0) is 17.0 Å². The van der Waals surface area contributed by atoms with Crippen molar-refractivity contribution >= 4 is 34.4 Å². The van der Waals surface area contributed by atoms with Gasteiger partial charge in [-0.3, -0.25) is 4.79 Å². The molecule has 5 heteroatoms. The van der Waals surface area contributed by atoms with Crippen LogP contribution in [-0.2, 0) is 19.1 Å². The standard InChI is InChI=1S/C16H13ClO3.C2H6O/c17-13-6-2-4-10-3-1-5-12(16(10)13)15-7-14(19)11(8-18)9-20-15;1-3-2/h1-6,8,11,15H,7,9H2;1-2H3. The molecule has 0 N–H and O–H groups in total. The fraction of sp³-hybridized carbons (Fsp3) is 0.333. The van der Waals surface area contributed by atoms with Crippen LogP contribution in [0, 0.1) is 5.92 Å². The number of ketones is 1. The molecule has 1 saturated heterocycles. The molecule has 0 aliphatic carbocycles. The van der Waals surface area contributed by atoms with Crippen LogP contribution in [0.1, 0.15) is 18.1 Å². The molecule has 4 nitrogen and oxygen atoms in total. The third-order valence-electron chi connectivity index (χ3n) is 3.67. The minimum absolute atomic E-state index is 0.0692. The predicted octanol–water partition coefficient (Wildman–Crippen LogP) is 3.60. The van der Waals surface area contributed by atoms with E-state index in [0.717, 1.165) is 16.3 Å². The van der Waals surface area contributed by atoms with Crippen molar-refractivity contribution in [2.75, 3.05) is 20.8 Å². The van der Waals surface area contributed by atoms with Crippen LogP contribution in [0.15, 0.2) is 36.4 Å². The molecule has 0 amide bonds. The maximum absolute atomic E-state index is 11.9. The summed E-state index contributed by atoms with van der Waals surface area (Å²) in [4.78, 5) is 22.6. The predicted molar refractivity (Wildman–Crippen MR) is 89.8 cm³/mol. The summed E-state index contributed by atoms with van der Waals surface area (Å²) in [7, 11) is 3.25. The van der Waals surface area contributed by atoms with Gasteiger partial charge in [0.1, 0.15) is 12.1 Å². The van der Waals surface area contributed by atoms with Crippen molar-refractivity contribution in [3.8, 4) is 0 Å². The molecule has 23 heavy (non-hydrogen) atoms. The molecule has 1 fully saturated rings. The Morgan fingerprint density at radius 3 is 2.48 bits per heavy atom. The third-order valence-corrected chi connectivity index (χ3v) is 3.99. The highest BCUT2D eigenvalue weighted by molar-refractivity contribution is 6.35. The Labute approximate surface area is 140 Å². The zero-order valence-corrected chi connectivity index (χ0v) is 13.9. The number of Topliss-reactive ketones (excluding diaryl/α,β-unsaturated/α-hetero) is 1. The summed E-state index contributed by atoms with van der Waals surface area (Å²) in [5.74, 6) is -0.697. The number of aldehydes is 1. The second kappa shape index (κ2) is 8.20. The lowest BCUT2D eigenvalue weighted by Gasteiger charge is -2.26. The van der Waals surface area contributed by atoms with E-state index >= 15 is 0 Å². The average Bonchev–Trinajstić information content (AvgIpc) is 2.55. The van der Waals surface area contributed by atoms with Crippen molar-refractivity contribution in [2.24, 2.45) is 5.92 Å². The first-order valence-electron chi connectivity index (χ1n) is 7.29. The van der Waals surface area contributed by atoms with E-state index in [1.165, 1.54) is 0 Å². The van der Waals surface area contributed by atoms with E-state index in [2.05, 4.69) is 4.74 Å². The highest BCUT2D eigenvalue weighted by Crippen LogP contribution is 2.35. The van der Waals surface area contributed by atoms with E-state index in [1.54, 1.807) is 14.2 Å². The Balaban J connectivity index is 0.000000595. The molecule has 1 aliphatic rings. The Morgan fingerprint density at radius 2 is 1.87 bits per heavy atom. The molecule has 0 saturated carbocycles. The van der Waals surface area contributed by atoms with Crippen molar-refractivity contribution in [1.82, 2.24) is 0 Å². The molecule has 3 rings (SSSR count). The molecule has 1 aliphatic heterocycles. The molecular weight excluding hydrogens is 316 g/mol. The fourth-order valence-electron chi connectivity index (χ4n) is 2.61. The second-order valence-electron chi connectivity index (χ2n) is 5.33. The minimum Gasteiger partial charge on any atom is -0.388 e. The summed E-state index contributed by atoms with van der Waals surface area (Å²) in [5.41, 5.74) is 0.908. The van der Waals surface area contributed by atoms with Crippen LogP contribution >= 0.6 is 11.6 Å². The van der Waals surface area contributed by atoms with Gasteiger partial charge in [0.15, 0.2) is 0 Å². The lowest BCUT2D eigenvalue weighted by molar-refractivity contribution is -0.139. The summed E-state index contributed by atoms with van der Waals surface area (Å²) in [5, 5.41) is 2.58. The van der Waals surface area contributed by atoms with Gasteiger partial charge >= 0.3 is 0 Å². The van der Waals surface area contributed by atoms with E-state index in [0.29, 0.717) is 11.3 Å². The number of hydrogen-bond donors (Lipinski definition) is 0. The van der Waals surface area contributed by atoms with Crippen molar-refractivity contribution in [2.45, 2.75) is 12.5 Å². The largest absolute Gasteiger partial charge is 0.388 e. The first kappa shape index (κ1) is 17.6. The smallest absolute Gasteiger partial charge is 0.148 e. The Kier molecular flexibility index (Phi) is 6.28. The monoisotopic (exact) mass is 334 g/mol. The Bertz CT molecular complexity index is 693. The Morgan fingerprint density at radius 1 is 1.22 bits per heavy atom. The Hall–Kier alpha value is -1.75. The highest BCUT2D eigenvalue weighted by Gasteiger charge is 2.30.